The number of aromatic nitrogens is 1. The summed E-state index contributed by atoms with van der Waals surface area (Å²) in [6.45, 7) is 0. The molecule has 2 nitrogen and oxygen atoms in total. The van der Waals surface area contributed by atoms with Gasteiger partial charge in [0.1, 0.15) is 11.4 Å². The van der Waals surface area contributed by atoms with Crippen LogP contribution in [-0.2, 0) is 0 Å². The topological polar surface area (TPSA) is 28.9 Å². The average Bonchev–Trinajstić information content (AvgIpc) is 2.87. The van der Waals surface area contributed by atoms with Gasteiger partial charge in [0.05, 0.1) is 11.0 Å². The average molecular weight is 225 g/mol. The van der Waals surface area contributed by atoms with Crippen molar-refractivity contribution in [2.75, 3.05) is 0 Å². The molecular weight excluding hydrogens is 217 g/mol. The Morgan fingerprint density at radius 3 is 2.65 bits per heavy atom. The first-order valence-corrected chi connectivity index (χ1v) is 5.42. The van der Waals surface area contributed by atoms with Gasteiger partial charge in [0.15, 0.2) is 5.58 Å². The lowest BCUT2D eigenvalue weighted by molar-refractivity contribution is 0.637. The van der Waals surface area contributed by atoms with E-state index >= 15 is 0 Å². The Morgan fingerprint density at radius 1 is 0.882 bits per heavy atom. The van der Waals surface area contributed by atoms with E-state index in [1.165, 1.54) is 6.07 Å². The molecule has 1 N–H and O–H groups in total. The summed E-state index contributed by atoms with van der Waals surface area (Å²) >= 11 is 0. The van der Waals surface area contributed by atoms with E-state index in [4.69, 9.17) is 4.42 Å². The summed E-state index contributed by atoms with van der Waals surface area (Å²) in [6, 6.07) is 12.7. The van der Waals surface area contributed by atoms with Gasteiger partial charge in [0.2, 0.25) is 0 Å². The number of fused-ring (bicyclic) bond motifs is 5. The Labute approximate surface area is 95.6 Å². The lowest BCUT2D eigenvalue weighted by Gasteiger charge is -1.91. The van der Waals surface area contributed by atoms with Gasteiger partial charge in [-0.25, -0.2) is 4.39 Å². The van der Waals surface area contributed by atoms with Crippen molar-refractivity contribution in [2.24, 2.45) is 0 Å². The van der Waals surface area contributed by atoms with Crippen LogP contribution in [0.2, 0.25) is 0 Å². The van der Waals surface area contributed by atoms with E-state index < -0.39 is 0 Å². The van der Waals surface area contributed by atoms with Gasteiger partial charge in [-0.15, -0.1) is 0 Å². The van der Waals surface area contributed by atoms with Crippen molar-refractivity contribution in [1.82, 2.24) is 4.98 Å². The number of hydrogen-bond donors (Lipinski definition) is 1. The van der Waals surface area contributed by atoms with E-state index in [1.807, 2.05) is 30.3 Å². The molecule has 17 heavy (non-hydrogen) atoms. The molecule has 4 rings (SSSR count). The van der Waals surface area contributed by atoms with E-state index in [2.05, 4.69) is 4.98 Å². The van der Waals surface area contributed by atoms with E-state index in [1.54, 1.807) is 6.07 Å². The minimum Gasteiger partial charge on any atom is -0.454 e. The van der Waals surface area contributed by atoms with Crippen LogP contribution in [0.5, 0.6) is 0 Å². The van der Waals surface area contributed by atoms with Crippen LogP contribution in [-0.4, -0.2) is 4.98 Å². The molecule has 0 aliphatic carbocycles. The van der Waals surface area contributed by atoms with Crippen molar-refractivity contribution in [2.45, 2.75) is 0 Å². The highest BCUT2D eigenvalue weighted by Crippen LogP contribution is 2.34. The van der Waals surface area contributed by atoms with Gasteiger partial charge in [-0.3, -0.25) is 0 Å². The second-order valence-electron chi connectivity index (χ2n) is 4.09. The van der Waals surface area contributed by atoms with Crippen LogP contribution in [0.1, 0.15) is 0 Å². The number of H-pyrrole nitrogens is 1. The van der Waals surface area contributed by atoms with Gasteiger partial charge < -0.3 is 9.40 Å². The zero-order valence-electron chi connectivity index (χ0n) is 8.83. The highest BCUT2D eigenvalue weighted by Gasteiger charge is 2.14. The van der Waals surface area contributed by atoms with Crippen LogP contribution in [0.3, 0.4) is 0 Å². The predicted molar refractivity (Wildman–Crippen MR) is 65.5 cm³/mol. The zero-order valence-corrected chi connectivity index (χ0v) is 8.83. The Bertz CT molecular complexity index is 856. The first-order valence-electron chi connectivity index (χ1n) is 5.42. The molecule has 0 amide bonds. The number of nitrogens with one attached hydrogen (secondary N) is 1. The van der Waals surface area contributed by atoms with Crippen LogP contribution in [0, 0.1) is 5.82 Å². The molecule has 0 aliphatic rings. The molecule has 0 aliphatic heterocycles. The Hall–Kier alpha value is -2.29. The van der Waals surface area contributed by atoms with Crippen molar-refractivity contribution in [3.63, 3.8) is 0 Å². The molecule has 2 aromatic heterocycles. The summed E-state index contributed by atoms with van der Waals surface area (Å²) in [5, 5.41) is 1.77. The van der Waals surface area contributed by atoms with Crippen LogP contribution in [0.25, 0.3) is 33.0 Å². The molecule has 2 heterocycles. The van der Waals surface area contributed by atoms with Crippen LogP contribution < -0.4 is 0 Å². The summed E-state index contributed by atoms with van der Waals surface area (Å²) in [5.74, 6) is -0.252. The first-order chi connectivity index (χ1) is 8.34. The number of aromatic amines is 1. The van der Waals surface area contributed by atoms with Crippen molar-refractivity contribution >= 4 is 33.0 Å². The lowest BCUT2D eigenvalue weighted by atomic mass is 10.2. The van der Waals surface area contributed by atoms with E-state index in [0.29, 0.717) is 5.52 Å². The SMILES string of the molecule is Fc1cccc2c1[nH]c1c3ccccc3oc21. The smallest absolute Gasteiger partial charge is 0.161 e. The fourth-order valence-corrected chi connectivity index (χ4v) is 2.32. The van der Waals surface area contributed by atoms with Gasteiger partial charge in [-0.2, -0.15) is 0 Å². The zero-order chi connectivity index (χ0) is 11.4. The Morgan fingerprint density at radius 2 is 1.71 bits per heavy atom. The Kier molecular flexibility index (Phi) is 1.50. The monoisotopic (exact) mass is 225 g/mol. The summed E-state index contributed by atoms with van der Waals surface area (Å²) in [6.07, 6.45) is 0. The highest BCUT2D eigenvalue weighted by molar-refractivity contribution is 6.14. The van der Waals surface area contributed by atoms with Gasteiger partial charge in [0.25, 0.3) is 0 Å². The number of furan rings is 1. The molecule has 0 saturated carbocycles. The molecule has 0 fully saturated rings. The largest absolute Gasteiger partial charge is 0.454 e. The quantitative estimate of drug-likeness (QED) is 0.477. The summed E-state index contributed by atoms with van der Waals surface area (Å²) in [7, 11) is 0. The molecule has 0 bridgehead atoms. The Balaban J connectivity index is 2.33. The molecular formula is C14H8FNO. The third kappa shape index (κ3) is 1.03. The molecule has 0 spiro atoms. The molecule has 82 valence electrons. The minimum atomic E-state index is -0.252. The molecule has 0 atom stereocenters. The second-order valence-corrected chi connectivity index (χ2v) is 4.09. The maximum absolute atomic E-state index is 13.6. The number of benzene rings is 2. The fraction of sp³-hybridized carbons (Fsp3) is 0. The van der Waals surface area contributed by atoms with Crippen molar-refractivity contribution < 1.29 is 8.81 Å². The van der Waals surface area contributed by atoms with Gasteiger partial charge in [-0.05, 0) is 24.3 Å². The van der Waals surface area contributed by atoms with Crippen molar-refractivity contribution in [3.8, 4) is 0 Å². The van der Waals surface area contributed by atoms with Gasteiger partial charge >= 0.3 is 0 Å². The lowest BCUT2D eigenvalue weighted by Crippen LogP contribution is -1.75. The second kappa shape index (κ2) is 2.88. The van der Waals surface area contributed by atoms with Crippen LogP contribution in [0.15, 0.2) is 46.9 Å². The summed E-state index contributed by atoms with van der Waals surface area (Å²) in [5.41, 5.74) is 2.91. The molecule has 0 unspecified atom stereocenters. The van der Waals surface area contributed by atoms with Crippen LogP contribution in [0.4, 0.5) is 4.39 Å². The van der Waals surface area contributed by atoms with E-state index in [-0.39, 0.29) is 5.82 Å². The number of hydrogen-bond acceptors (Lipinski definition) is 1. The summed E-state index contributed by atoms with van der Waals surface area (Å²) in [4.78, 5) is 3.10. The first kappa shape index (κ1) is 8.82. The minimum absolute atomic E-state index is 0.252. The third-order valence-corrected chi connectivity index (χ3v) is 3.10. The molecule has 2 aromatic carbocycles. The van der Waals surface area contributed by atoms with Gasteiger partial charge in [0, 0.05) is 10.8 Å². The highest BCUT2D eigenvalue weighted by atomic mass is 19.1. The summed E-state index contributed by atoms with van der Waals surface area (Å²) < 4.78 is 19.4. The molecule has 3 heteroatoms. The maximum atomic E-state index is 13.6. The van der Waals surface area contributed by atoms with E-state index in [0.717, 1.165) is 27.5 Å². The molecule has 0 radical (unpaired) electrons. The molecule has 4 aromatic rings. The normalized spacial score (nSPS) is 11.8. The maximum Gasteiger partial charge on any atom is 0.161 e. The number of para-hydroxylation sites is 2. The standard InChI is InChI=1S/C14H8FNO/c15-10-6-3-5-9-12(10)16-13-8-4-1-2-7-11(8)17-14(9)13/h1-7,16H. The number of rotatable bonds is 0. The van der Waals surface area contributed by atoms with E-state index in [9.17, 15) is 4.39 Å². The third-order valence-electron chi connectivity index (χ3n) is 3.10. The van der Waals surface area contributed by atoms with Crippen molar-refractivity contribution in [3.05, 3.63) is 48.3 Å². The molecule has 0 saturated heterocycles. The van der Waals surface area contributed by atoms with Crippen LogP contribution >= 0.6 is 0 Å². The number of halogens is 1. The van der Waals surface area contributed by atoms with Gasteiger partial charge in [-0.1, -0.05) is 18.2 Å². The fourth-order valence-electron chi connectivity index (χ4n) is 2.32. The predicted octanol–water partition coefficient (Wildman–Crippen LogP) is 4.21. The van der Waals surface area contributed by atoms with Crippen molar-refractivity contribution in [1.29, 1.82) is 0 Å².